The Balaban J connectivity index is 3.43. The molecule has 0 saturated carbocycles. The second-order valence-electron chi connectivity index (χ2n) is 2.40. The number of allylic oxidation sites excluding steroid dienone is 1. The van der Waals surface area contributed by atoms with Crippen molar-refractivity contribution < 1.29 is 0 Å². The van der Waals surface area contributed by atoms with Gasteiger partial charge in [0.1, 0.15) is 0 Å². The summed E-state index contributed by atoms with van der Waals surface area (Å²) in [5.41, 5.74) is 5.27. The van der Waals surface area contributed by atoms with E-state index in [4.69, 9.17) is 5.73 Å². The van der Waals surface area contributed by atoms with Gasteiger partial charge < -0.3 is 10.6 Å². The molecule has 0 atom stereocenters. The maximum atomic E-state index is 5.27. The zero-order valence-corrected chi connectivity index (χ0v) is 7.29. The fourth-order valence-electron chi connectivity index (χ4n) is 0.898. The third-order valence-corrected chi connectivity index (χ3v) is 1.56. The molecule has 0 aromatic rings. The van der Waals surface area contributed by atoms with Gasteiger partial charge in [-0.25, -0.2) is 0 Å². The molecular formula is C9H18N2. The Morgan fingerprint density at radius 2 is 2.27 bits per heavy atom. The summed E-state index contributed by atoms with van der Waals surface area (Å²) in [4.78, 5) is 2.18. The van der Waals surface area contributed by atoms with Crippen LogP contribution >= 0.6 is 0 Å². The van der Waals surface area contributed by atoms with E-state index in [2.05, 4.69) is 18.4 Å². The molecule has 0 aromatic heterocycles. The fraction of sp³-hybridized carbons (Fsp3) is 0.556. The first-order chi connectivity index (χ1) is 5.35. The molecule has 0 saturated heterocycles. The highest BCUT2D eigenvalue weighted by atomic mass is 15.1. The van der Waals surface area contributed by atoms with Gasteiger partial charge >= 0.3 is 0 Å². The Kier molecular flexibility index (Phi) is 6.59. The summed E-state index contributed by atoms with van der Waals surface area (Å²) in [7, 11) is 0. The van der Waals surface area contributed by atoms with Crippen molar-refractivity contribution in [3.8, 4) is 0 Å². The summed E-state index contributed by atoms with van der Waals surface area (Å²) in [5, 5.41) is 0. The molecule has 0 aromatic carbocycles. The molecule has 0 spiro atoms. The number of hydrogen-bond acceptors (Lipinski definition) is 2. The molecule has 0 unspecified atom stereocenters. The Labute approximate surface area is 69.4 Å². The average Bonchev–Trinajstić information content (AvgIpc) is 2.03. The monoisotopic (exact) mass is 154 g/mol. The number of rotatable bonds is 6. The number of hydrogen-bond donors (Lipinski definition) is 1. The Hall–Kier alpha value is -0.920. The summed E-state index contributed by atoms with van der Waals surface area (Å²) in [6.07, 6.45) is 7.68. The van der Waals surface area contributed by atoms with Crippen LogP contribution in [0.4, 0.5) is 0 Å². The first-order valence-electron chi connectivity index (χ1n) is 4.08. The van der Waals surface area contributed by atoms with E-state index in [1.165, 1.54) is 0 Å². The summed E-state index contributed by atoms with van der Waals surface area (Å²) in [6, 6.07) is 0. The fourth-order valence-corrected chi connectivity index (χ4v) is 0.898. The van der Waals surface area contributed by atoms with Gasteiger partial charge in [0.2, 0.25) is 0 Å². The Bertz CT molecular complexity index is 119. The van der Waals surface area contributed by atoms with E-state index in [-0.39, 0.29) is 0 Å². The van der Waals surface area contributed by atoms with Crippen molar-refractivity contribution in [3.05, 3.63) is 25.1 Å². The summed E-state index contributed by atoms with van der Waals surface area (Å²) in [5.74, 6) is 0. The minimum atomic E-state index is 1.02. The van der Waals surface area contributed by atoms with Crippen LogP contribution in [0.2, 0.25) is 0 Å². The molecule has 2 nitrogen and oxygen atoms in total. The first-order valence-corrected chi connectivity index (χ1v) is 4.08. The van der Waals surface area contributed by atoms with Gasteiger partial charge in [0.25, 0.3) is 0 Å². The van der Waals surface area contributed by atoms with Crippen LogP contribution in [0.3, 0.4) is 0 Å². The standard InChI is InChI=1S/C9H18N2/c1-3-5-6-8-11(4-2)9-7-10/h3,7,9H,1,4-6,8,10H2,2H3/b9-7-. The molecule has 0 fully saturated rings. The highest BCUT2D eigenvalue weighted by Crippen LogP contribution is 1.95. The second kappa shape index (κ2) is 7.19. The third kappa shape index (κ3) is 5.52. The quantitative estimate of drug-likeness (QED) is 0.466. The van der Waals surface area contributed by atoms with Crippen molar-refractivity contribution >= 4 is 0 Å². The molecule has 0 rings (SSSR count). The van der Waals surface area contributed by atoms with Crippen LogP contribution in [0, 0.1) is 0 Å². The first kappa shape index (κ1) is 10.1. The summed E-state index contributed by atoms with van der Waals surface area (Å²) < 4.78 is 0. The van der Waals surface area contributed by atoms with Gasteiger partial charge in [-0.2, -0.15) is 0 Å². The molecule has 2 heteroatoms. The van der Waals surface area contributed by atoms with E-state index in [1.807, 2.05) is 12.3 Å². The van der Waals surface area contributed by atoms with E-state index in [1.54, 1.807) is 6.20 Å². The maximum Gasteiger partial charge on any atom is 0.0175 e. The zero-order chi connectivity index (χ0) is 8.53. The lowest BCUT2D eigenvalue weighted by atomic mass is 10.3. The van der Waals surface area contributed by atoms with Crippen molar-refractivity contribution in [3.63, 3.8) is 0 Å². The van der Waals surface area contributed by atoms with Crippen LogP contribution in [0.15, 0.2) is 25.1 Å². The van der Waals surface area contributed by atoms with E-state index < -0.39 is 0 Å². The molecule has 0 amide bonds. The van der Waals surface area contributed by atoms with Gasteiger partial charge in [-0.3, -0.25) is 0 Å². The van der Waals surface area contributed by atoms with Crippen LogP contribution in [0.5, 0.6) is 0 Å². The van der Waals surface area contributed by atoms with Crippen LogP contribution < -0.4 is 5.73 Å². The topological polar surface area (TPSA) is 29.3 Å². The molecule has 0 radical (unpaired) electrons. The summed E-state index contributed by atoms with van der Waals surface area (Å²) >= 11 is 0. The van der Waals surface area contributed by atoms with E-state index in [0.29, 0.717) is 0 Å². The Morgan fingerprint density at radius 3 is 2.73 bits per heavy atom. The molecule has 11 heavy (non-hydrogen) atoms. The number of nitrogens with two attached hydrogens (primary N) is 1. The Morgan fingerprint density at radius 1 is 1.55 bits per heavy atom. The highest BCUT2D eigenvalue weighted by Gasteiger charge is 1.92. The molecular weight excluding hydrogens is 136 g/mol. The van der Waals surface area contributed by atoms with E-state index in [0.717, 1.165) is 25.9 Å². The molecule has 0 aliphatic heterocycles. The lowest BCUT2D eigenvalue weighted by Crippen LogP contribution is -2.18. The van der Waals surface area contributed by atoms with Crippen molar-refractivity contribution in [1.29, 1.82) is 0 Å². The van der Waals surface area contributed by atoms with Gasteiger partial charge in [0, 0.05) is 25.5 Å². The molecule has 0 aliphatic carbocycles. The number of unbranched alkanes of at least 4 members (excludes halogenated alkanes) is 1. The van der Waals surface area contributed by atoms with Crippen LogP contribution in [-0.4, -0.2) is 18.0 Å². The van der Waals surface area contributed by atoms with Gasteiger partial charge in [-0.1, -0.05) is 6.08 Å². The average molecular weight is 154 g/mol. The van der Waals surface area contributed by atoms with E-state index in [9.17, 15) is 0 Å². The lowest BCUT2D eigenvalue weighted by Gasteiger charge is -2.16. The molecule has 2 N–H and O–H groups in total. The largest absolute Gasteiger partial charge is 0.403 e. The SMILES string of the molecule is C=CCCCN(/C=C\N)CC. The smallest absolute Gasteiger partial charge is 0.0175 e. The second-order valence-corrected chi connectivity index (χ2v) is 2.40. The lowest BCUT2D eigenvalue weighted by molar-refractivity contribution is 0.389. The van der Waals surface area contributed by atoms with Crippen molar-refractivity contribution in [2.75, 3.05) is 13.1 Å². The number of nitrogens with zero attached hydrogens (tertiary/aromatic N) is 1. The van der Waals surface area contributed by atoms with Gasteiger partial charge in [-0.05, 0) is 19.8 Å². The third-order valence-electron chi connectivity index (χ3n) is 1.56. The predicted octanol–water partition coefficient (Wildman–Crippen LogP) is 1.70. The highest BCUT2D eigenvalue weighted by molar-refractivity contribution is 4.77. The molecule has 0 aliphatic rings. The molecule has 64 valence electrons. The normalized spacial score (nSPS) is 10.3. The van der Waals surface area contributed by atoms with Crippen LogP contribution in [0.1, 0.15) is 19.8 Å². The van der Waals surface area contributed by atoms with Crippen molar-refractivity contribution in [2.45, 2.75) is 19.8 Å². The van der Waals surface area contributed by atoms with Gasteiger partial charge in [-0.15, -0.1) is 6.58 Å². The predicted molar refractivity (Wildman–Crippen MR) is 50.0 cm³/mol. The van der Waals surface area contributed by atoms with Crippen LogP contribution in [-0.2, 0) is 0 Å². The van der Waals surface area contributed by atoms with E-state index >= 15 is 0 Å². The summed E-state index contributed by atoms with van der Waals surface area (Å²) in [6.45, 7) is 7.87. The van der Waals surface area contributed by atoms with Crippen LogP contribution in [0.25, 0.3) is 0 Å². The van der Waals surface area contributed by atoms with Crippen molar-refractivity contribution in [1.82, 2.24) is 4.90 Å². The zero-order valence-electron chi connectivity index (χ0n) is 7.29. The minimum Gasteiger partial charge on any atom is -0.403 e. The minimum absolute atomic E-state index is 1.02. The molecule has 0 bridgehead atoms. The van der Waals surface area contributed by atoms with Crippen molar-refractivity contribution in [2.24, 2.45) is 5.73 Å². The maximum absolute atomic E-state index is 5.27. The van der Waals surface area contributed by atoms with Gasteiger partial charge in [0.05, 0.1) is 0 Å². The van der Waals surface area contributed by atoms with Gasteiger partial charge in [0.15, 0.2) is 0 Å². The molecule has 0 heterocycles.